The lowest BCUT2D eigenvalue weighted by Crippen LogP contribution is -2.39. The van der Waals surface area contributed by atoms with Gasteiger partial charge in [0, 0.05) is 23.2 Å². The summed E-state index contributed by atoms with van der Waals surface area (Å²) < 4.78 is 0. The van der Waals surface area contributed by atoms with Crippen LogP contribution in [0.1, 0.15) is 39.9 Å². The zero-order valence-corrected chi connectivity index (χ0v) is 12.3. The second-order valence-electron chi connectivity index (χ2n) is 4.56. The van der Waals surface area contributed by atoms with E-state index in [-0.39, 0.29) is 11.9 Å². The number of nitrogens with one attached hydrogen (secondary N) is 1. The van der Waals surface area contributed by atoms with Crippen LogP contribution in [0.25, 0.3) is 0 Å². The fraction of sp³-hybridized carbons (Fsp3) is 0.615. The van der Waals surface area contributed by atoms with Gasteiger partial charge in [-0.2, -0.15) is 11.8 Å². The highest BCUT2D eigenvalue weighted by Crippen LogP contribution is 2.31. The van der Waals surface area contributed by atoms with Gasteiger partial charge in [-0.1, -0.05) is 13.3 Å². The fourth-order valence-corrected chi connectivity index (χ4v) is 4.39. The van der Waals surface area contributed by atoms with Crippen molar-refractivity contribution in [3.63, 3.8) is 0 Å². The van der Waals surface area contributed by atoms with Gasteiger partial charge in [0.1, 0.15) is 0 Å². The van der Waals surface area contributed by atoms with Crippen molar-refractivity contribution >= 4 is 29.0 Å². The third-order valence-corrected chi connectivity index (χ3v) is 5.35. The summed E-state index contributed by atoms with van der Waals surface area (Å²) in [6.07, 6.45) is 3.09. The second kappa shape index (κ2) is 6.59. The van der Waals surface area contributed by atoms with Gasteiger partial charge in [0.25, 0.3) is 5.91 Å². The Morgan fingerprint density at radius 3 is 3.11 bits per heavy atom. The Labute approximate surface area is 117 Å². The second-order valence-corrected chi connectivity index (χ2v) is 6.80. The van der Waals surface area contributed by atoms with Gasteiger partial charge in [-0.3, -0.25) is 4.79 Å². The van der Waals surface area contributed by atoms with Gasteiger partial charge in [0.15, 0.2) is 0 Å². The number of rotatable bonds is 5. The number of amides is 1. The van der Waals surface area contributed by atoms with E-state index in [0.29, 0.717) is 6.54 Å². The molecule has 3 N–H and O–H groups in total. The highest BCUT2D eigenvalue weighted by molar-refractivity contribution is 7.98. The normalized spacial score (nSPS) is 16.1. The SMILES string of the molecule is CCCC(CN)NC(=O)c1cc2c(s1)CCSC2. The van der Waals surface area contributed by atoms with Crippen LogP contribution >= 0.6 is 23.1 Å². The molecule has 3 nitrogen and oxygen atoms in total. The molecule has 1 aromatic rings. The molecule has 1 aromatic heterocycles. The molecule has 18 heavy (non-hydrogen) atoms. The standard InChI is InChI=1S/C13H20N2OS2/c1-2-3-10(7-14)15-13(16)12-6-9-8-17-5-4-11(9)18-12/h6,10H,2-5,7-8,14H2,1H3,(H,15,16). The molecular formula is C13H20N2OS2. The lowest BCUT2D eigenvalue weighted by atomic mass is 10.1. The summed E-state index contributed by atoms with van der Waals surface area (Å²) in [7, 11) is 0. The molecule has 0 spiro atoms. The number of hydrogen-bond donors (Lipinski definition) is 2. The van der Waals surface area contributed by atoms with Crippen LogP contribution in [-0.4, -0.2) is 24.2 Å². The molecule has 2 rings (SSSR count). The molecule has 1 aliphatic rings. The maximum Gasteiger partial charge on any atom is 0.261 e. The largest absolute Gasteiger partial charge is 0.347 e. The van der Waals surface area contributed by atoms with Gasteiger partial charge < -0.3 is 11.1 Å². The van der Waals surface area contributed by atoms with Crippen LogP contribution in [0.3, 0.4) is 0 Å². The molecule has 0 radical (unpaired) electrons. The quantitative estimate of drug-likeness (QED) is 0.873. The third kappa shape index (κ3) is 3.28. The minimum atomic E-state index is 0.0447. The summed E-state index contributed by atoms with van der Waals surface area (Å²) in [5, 5.41) is 3.03. The van der Waals surface area contributed by atoms with Crippen molar-refractivity contribution in [3.8, 4) is 0 Å². The van der Waals surface area contributed by atoms with Crippen LogP contribution in [0, 0.1) is 0 Å². The van der Waals surface area contributed by atoms with Crippen molar-refractivity contribution in [2.75, 3.05) is 12.3 Å². The number of nitrogens with two attached hydrogens (primary N) is 1. The summed E-state index contributed by atoms with van der Waals surface area (Å²) >= 11 is 3.59. The maximum atomic E-state index is 12.1. The Kier molecular flexibility index (Phi) is 5.09. The van der Waals surface area contributed by atoms with E-state index in [9.17, 15) is 4.79 Å². The smallest absolute Gasteiger partial charge is 0.261 e. The lowest BCUT2D eigenvalue weighted by molar-refractivity contribution is 0.0940. The van der Waals surface area contributed by atoms with Gasteiger partial charge >= 0.3 is 0 Å². The molecule has 1 unspecified atom stereocenters. The Morgan fingerprint density at radius 2 is 2.44 bits per heavy atom. The summed E-state index contributed by atoms with van der Waals surface area (Å²) in [5.74, 6) is 2.27. The summed E-state index contributed by atoms with van der Waals surface area (Å²) in [5.41, 5.74) is 7.02. The molecule has 100 valence electrons. The predicted octanol–water partition coefficient (Wildman–Crippen LogP) is 2.39. The van der Waals surface area contributed by atoms with E-state index in [4.69, 9.17) is 5.73 Å². The molecule has 1 atom stereocenters. The molecule has 0 bridgehead atoms. The van der Waals surface area contributed by atoms with E-state index < -0.39 is 0 Å². The van der Waals surface area contributed by atoms with Crippen molar-refractivity contribution in [3.05, 3.63) is 21.4 Å². The number of hydrogen-bond acceptors (Lipinski definition) is 4. The van der Waals surface area contributed by atoms with Crippen molar-refractivity contribution in [2.24, 2.45) is 5.73 Å². The molecule has 0 saturated carbocycles. The lowest BCUT2D eigenvalue weighted by Gasteiger charge is -2.14. The maximum absolute atomic E-state index is 12.1. The minimum absolute atomic E-state index is 0.0447. The first-order valence-electron chi connectivity index (χ1n) is 6.44. The van der Waals surface area contributed by atoms with Crippen LogP contribution in [0.5, 0.6) is 0 Å². The topological polar surface area (TPSA) is 55.1 Å². The van der Waals surface area contributed by atoms with Gasteiger partial charge in [-0.25, -0.2) is 0 Å². The molecule has 5 heteroatoms. The van der Waals surface area contributed by atoms with Crippen LogP contribution in [0.2, 0.25) is 0 Å². The third-order valence-electron chi connectivity index (χ3n) is 3.11. The number of fused-ring (bicyclic) bond motifs is 1. The van der Waals surface area contributed by atoms with E-state index in [1.54, 1.807) is 11.3 Å². The fourth-order valence-electron chi connectivity index (χ4n) is 2.11. The first-order chi connectivity index (χ1) is 8.74. The highest BCUT2D eigenvalue weighted by Gasteiger charge is 2.18. The van der Waals surface area contributed by atoms with Crippen molar-refractivity contribution in [1.82, 2.24) is 5.32 Å². The average Bonchev–Trinajstić information content (AvgIpc) is 2.82. The minimum Gasteiger partial charge on any atom is -0.347 e. The van der Waals surface area contributed by atoms with Gasteiger partial charge in [-0.05, 0) is 30.2 Å². The zero-order chi connectivity index (χ0) is 13.0. The van der Waals surface area contributed by atoms with E-state index >= 15 is 0 Å². The van der Waals surface area contributed by atoms with E-state index in [1.807, 2.05) is 11.8 Å². The Hall–Kier alpha value is -0.520. The number of thiophene rings is 1. The summed E-state index contributed by atoms with van der Waals surface area (Å²) in [6.45, 7) is 2.62. The number of carbonyl (C=O) groups is 1. The van der Waals surface area contributed by atoms with E-state index in [2.05, 4.69) is 18.3 Å². The van der Waals surface area contributed by atoms with Gasteiger partial charge in [0.2, 0.25) is 0 Å². The molecule has 0 fully saturated rings. The zero-order valence-electron chi connectivity index (χ0n) is 10.7. The predicted molar refractivity (Wildman–Crippen MR) is 79.4 cm³/mol. The number of aryl methyl sites for hydroxylation is 1. The molecule has 0 aliphatic carbocycles. The van der Waals surface area contributed by atoms with Gasteiger partial charge in [-0.15, -0.1) is 11.3 Å². The monoisotopic (exact) mass is 284 g/mol. The van der Waals surface area contributed by atoms with Crippen LogP contribution in [0.4, 0.5) is 0 Å². The number of thioether (sulfide) groups is 1. The number of carbonyl (C=O) groups excluding carboxylic acids is 1. The van der Waals surface area contributed by atoms with Crippen LogP contribution in [0.15, 0.2) is 6.07 Å². The van der Waals surface area contributed by atoms with Crippen molar-refractivity contribution in [1.29, 1.82) is 0 Å². The average molecular weight is 284 g/mol. The highest BCUT2D eigenvalue weighted by atomic mass is 32.2. The Balaban J connectivity index is 2.02. The van der Waals surface area contributed by atoms with E-state index in [1.165, 1.54) is 16.2 Å². The molecule has 0 aromatic carbocycles. The first kappa shape index (κ1) is 13.9. The van der Waals surface area contributed by atoms with Crippen LogP contribution in [-0.2, 0) is 12.2 Å². The molecular weight excluding hydrogens is 264 g/mol. The van der Waals surface area contributed by atoms with Crippen molar-refractivity contribution < 1.29 is 4.79 Å². The molecule has 2 heterocycles. The first-order valence-corrected chi connectivity index (χ1v) is 8.42. The van der Waals surface area contributed by atoms with E-state index in [0.717, 1.165) is 29.9 Å². The van der Waals surface area contributed by atoms with Crippen LogP contribution < -0.4 is 11.1 Å². The molecule has 1 aliphatic heterocycles. The van der Waals surface area contributed by atoms with Gasteiger partial charge in [0.05, 0.1) is 4.88 Å². The summed E-state index contributed by atoms with van der Waals surface area (Å²) in [6, 6.07) is 2.16. The van der Waals surface area contributed by atoms with Crippen molar-refractivity contribution in [2.45, 2.75) is 38.0 Å². The molecule has 1 amide bonds. The Bertz CT molecular complexity index is 394. The Morgan fingerprint density at radius 1 is 1.61 bits per heavy atom. The summed E-state index contributed by atoms with van der Waals surface area (Å²) in [4.78, 5) is 14.4. The molecule has 0 saturated heterocycles.